The highest BCUT2D eigenvalue weighted by atomic mass is 35.5. The fourth-order valence-electron chi connectivity index (χ4n) is 1.13. The predicted molar refractivity (Wildman–Crippen MR) is 49.6 cm³/mol. The minimum absolute atomic E-state index is 0.0928. The lowest BCUT2D eigenvalue weighted by molar-refractivity contribution is 1.31. The van der Waals surface area contributed by atoms with Gasteiger partial charge in [-0.2, -0.15) is 0 Å². The fourth-order valence-corrected chi connectivity index (χ4v) is 1.31. The van der Waals surface area contributed by atoms with E-state index in [0.29, 0.717) is 5.02 Å². The molecule has 0 amide bonds. The Morgan fingerprint density at radius 3 is 2.83 bits per heavy atom. The fraction of sp³-hybridized carbons (Fsp3) is 0. The van der Waals surface area contributed by atoms with Gasteiger partial charge in [-0.25, -0.2) is 0 Å². The predicted octanol–water partition coefficient (Wildman–Crippen LogP) is 2.18. The summed E-state index contributed by atoms with van der Waals surface area (Å²) in [6.45, 7) is 0. The molecule has 0 saturated carbocycles. The van der Waals surface area contributed by atoms with Gasteiger partial charge in [-0.3, -0.25) is 4.79 Å². The van der Waals surface area contributed by atoms with Crippen LogP contribution in [0.15, 0.2) is 35.1 Å². The lowest BCUT2D eigenvalue weighted by atomic mass is 10.2. The first-order valence-corrected chi connectivity index (χ1v) is 3.92. The van der Waals surface area contributed by atoms with Crippen molar-refractivity contribution < 1.29 is 0 Å². The number of hydrogen-bond acceptors (Lipinski definition) is 1. The van der Waals surface area contributed by atoms with Gasteiger partial charge >= 0.3 is 0 Å². The normalized spacial score (nSPS) is 10.4. The lowest BCUT2D eigenvalue weighted by Gasteiger charge is -1.95. The molecule has 0 fully saturated rings. The molecule has 0 aliphatic heterocycles. The van der Waals surface area contributed by atoms with Crippen molar-refractivity contribution in [1.82, 2.24) is 4.98 Å². The van der Waals surface area contributed by atoms with E-state index < -0.39 is 0 Å². The van der Waals surface area contributed by atoms with E-state index in [2.05, 4.69) is 4.98 Å². The third kappa shape index (κ3) is 1.21. The van der Waals surface area contributed by atoms with Crippen LogP contribution in [-0.2, 0) is 0 Å². The van der Waals surface area contributed by atoms with Gasteiger partial charge in [0.1, 0.15) is 0 Å². The molecule has 0 bridgehead atoms. The second-order valence-corrected chi connectivity index (χ2v) is 2.99. The summed E-state index contributed by atoms with van der Waals surface area (Å²) in [6, 6.07) is 8.59. The van der Waals surface area contributed by atoms with Gasteiger partial charge in [0.2, 0.25) is 5.56 Å². The van der Waals surface area contributed by atoms with Crippen LogP contribution < -0.4 is 5.56 Å². The Labute approximate surface area is 73.8 Å². The summed E-state index contributed by atoms with van der Waals surface area (Å²) in [5, 5.41) is 1.62. The van der Waals surface area contributed by atoms with Gasteiger partial charge in [0, 0.05) is 16.6 Å². The Morgan fingerprint density at radius 1 is 1.17 bits per heavy atom. The third-order valence-electron chi connectivity index (χ3n) is 1.69. The van der Waals surface area contributed by atoms with Gasteiger partial charge in [0.25, 0.3) is 0 Å². The van der Waals surface area contributed by atoms with Gasteiger partial charge in [-0.05, 0) is 29.7 Å². The second-order valence-electron chi connectivity index (χ2n) is 2.55. The van der Waals surface area contributed by atoms with Crippen LogP contribution in [0.5, 0.6) is 0 Å². The zero-order valence-electron chi connectivity index (χ0n) is 6.17. The van der Waals surface area contributed by atoms with Crippen LogP contribution in [0.25, 0.3) is 10.9 Å². The minimum atomic E-state index is -0.0928. The van der Waals surface area contributed by atoms with E-state index in [1.54, 1.807) is 18.2 Å². The molecular weight excluding hydrogens is 174 g/mol. The molecule has 2 rings (SSSR count). The van der Waals surface area contributed by atoms with Crippen molar-refractivity contribution in [3.8, 4) is 0 Å². The zero-order chi connectivity index (χ0) is 8.55. The van der Waals surface area contributed by atoms with E-state index in [1.165, 1.54) is 6.07 Å². The topological polar surface area (TPSA) is 32.9 Å². The highest BCUT2D eigenvalue weighted by Gasteiger charge is 1.93. The summed E-state index contributed by atoms with van der Waals surface area (Å²) >= 11 is 5.77. The van der Waals surface area contributed by atoms with Crippen LogP contribution in [0.1, 0.15) is 0 Å². The molecule has 0 spiro atoms. The SMILES string of the molecule is O=c1ccc2cc(Cl)ccc2[nH]1. The zero-order valence-corrected chi connectivity index (χ0v) is 6.93. The number of benzene rings is 1. The van der Waals surface area contributed by atoms with E-state index in [9.17, 15) is 4.79 Å². The smallest absolute Gasteiger partial charge is 0.248 e. The average Bonchev–Trinajstić information content (AvgIpc) is 2.05. The van der Waals surface area contributed by atoms with Gasteiger partial charge in [-0.15, -0.1) is 0 Å². The van der Waals surface area contributed by atoms with Gasteiger partial charge in [0.05, 0.1) is 0 Å². The first-order chi connectivity index (χ1) is 5.75. The minimum Gasteiger partial charge on any atom is -0.322 e. The van der Waals surface area contributed by atoms with Gasteiger partial charge in [-0.1, -0.05) is 11.6 Å². The molecule has 1 heterocycles. The number of rotatable bonds is 0. The number of pyridine rings is 1. The van der Waals surface area contributed by atoms with Crippen LogP contribution in [-0.4, -0.2) is 4.98 Å². The molecule has 0 radical (unpaired) electrons. The van der Waals surface area contributed by atoms with Gasteiger partial charge in [0.15, 0.2) is 0 Å². The third-order valence-corrected chi connectivity index (χ3v) is 1.92. The number of nitrogens with one attached hydrogen (secondary N) is 1. The number of fused-ring (bicyclic) bond motifs is 1. The van der Waals surface area contributed by atoms with Crippen molar-refractivity contribution in [1.29, 1.82) is 0 Å². The Kier molecular flexibility index (Phi) is 1.62. The number of halogens is 1. The summed E-state index contributed by atoms with van der Waals surface area (Å²) in [5.74, 6) is 0. The summed E-state index contributed by atoms with van der Waals surface area (Å²) in [5.41, 5.74) is 0.719. The van der Waals surface area contributed by atoms with Crippen LogP contribution in [0, 0.1) is 0 Å². The van der Waals surface area contributed by atoms with Crippen molar-refractivity contribution in [2.45, 2.75) is 0 Å². The maximum atomic E-state index is 10.9. The molecule has 0 atom stereocenters. The number of aromatic nitrogens is 1. The van der Waals surface area contributed by atoms with Crippen LogP contribution in [0.3, 0.4) is 0 Å². The van der Waals surface area contributed by atoms with Crippen LogP contribution >= 0.6 is 11.6 Å². The first-order valence-electron chi connectivity index (χ1n) is 3.54. The number of hydrogen-bond donors (Lipinski definition) is 1. The molecule has 12 heavy (non-hydrogen) atoms. The van der Waals surface area contributed by atoms with Crippen LogP contribution in [0.2, 0.25) is 5.02 Å². The molecular formula is C9H6ClNO. The molecule has 0 unspecified atom stereocenters. The van der Waals surface area contributed by atoms with E-state index >= 15 is 0 Å². The van der Waals surface area contributed by atoms with E-state index in [-0.39, 0.29) is 5.56 Å². The van der Waals surface area contributed by atoms with Crippen LogP contribution in [0.4, 0.5) is 0 Å². The first kappa shape index (κ1) is 7.37. The molecule has 0 saturated heterocycles. The van der Waals surface area contributed by atoms with Crippen molar-refractivity contribution in [3.63, 3.8) is 0 Å². The molecule has 3 heteroatoms. The number of H-pyrrole nitrogens is 1. The largest absolute Gasteiger partial charge is 0.322 e. The maximum absolute atomic E-state index is 10.9. The molecule has 0 aliphatic carbocycles. The summed E-state index contributed by atoms with van der Waals surface area (Å²) in [7, 11) is 0. The highest BCUT2D eigenvalue weighted by Crippen LogP contribution is 2.15. The summed E-state index contributed by atoms with van der Waals surface area (Å²) < 4.78 is 0. The molecule has 0 aliphatic rings. The highest BCUT2D eigenvalue weighted by molar-refractivity contribution is 6.31. The van der Waals surface area contributed by atoms with Crippen molar-refractivity contribution in [2.24, 2.45) is 0 Å². The average molecular weight is 180 g/mol. The molecule has 1 N–H and O–H groups in total. The Hall–Kier alpha value is -1.28. The standard InChI is InChI=1S/C9H6ClNO/c10-7-2-3-8-6(5-7)1-4-9(12)11-8/h1-5H,(H,11,12). The number of aromatic amines is 1. The molecule has 1 aromatic carbocycles. The molecule has 2 aromatic rings. The van der Waals surface area contributed by atoms with E-state index in [4.69, 9.17) is 11.6 Å². The maximum Gasteiger partial charge on any atom is 0.248 e. The molecule has 1 aromatic heterocycles. The summed E-state index contributed by atoms with van der Waals surface area (Å²) in [4.78, 5) is 13.6. The van der Waals surface area contributed by atoms with Crippen molar-refractivity contribution in [3.05, 3.63) is 45.7 Å². The van der Waals surface area contributed by atoms with Crippen molar-refractivity contribution in [2.75, 3.05) is 0 Å². The quantitative estimate of drug-likeness (QED) is 0.661. The Bertz CT molecular complexity index is 475. The van der Waals surface area contributed by atoms with Crippen molar-refractivity contribution >= 4 is 22.5 Å². The Morgan fingerprint density at radius 2 is 2.00 bits per heavy atom. The lowest BCUT2D eigenvalue weighted by Crippen LogP contribution is -2.01. The molecule has 60 valence electrons. The van der Waals surface area contributed by atoms with E-state index in [1.807, 2.05) is 6.07 Å². The summed E-state index contributed by atoms with van der Waals surface area (Å²) in [6.07, 6.45) is 0. The Balaban J connectivity index is 2.87. The second kappa shape index (κ2) is 2.64. The van der Waals surface area contributed by atoms with Gasteiger partial charge < -0.3 is 4.98 Å². The monoisotopic (exact) mass is 179 g/mol. The molecule has 2 nitrogen and oxygen atoms in total. The van der Waals surface area contributed by atoms with E-state index in [0.717, 1.165) is 10.9 Å².